The number of fused-ring (bicyclic) bond motifs is 12. The molecule has 0 radical (unpaired) electrons. The molecule has 6 aromatic carbocycles. The van der Waals surface area contributed by atoms with Crippen LogP contribution < -0.4 is 44.5 Å². The van der Waals surface area contributed by atoms with E-state index in [4.69, 9.17) is 14.2 Å². The van der Waals surface area contributed by atoms with Crippen LogP contribution in [0.1, 0.15) is 55.5 Å². The first-order chi connectivity index (χ1) is 36.7. The maximum absolute atomic E-state index is 12.4. The lowest BCUT2D eigenvalue weighted by Gasteiger charge is -2.39. The van der Waals surface area contributed by atoms with Gasteiger partial charge in [0.2, 0.25) is 5.36 Å². The van der Waals surface area contributed by atoms with Gasteiger partial charge in [0.25, 0.3) is 0 Å². The average molecular weight is 1090 g/mol. The van der Waals surface area contributed by atoms with Crippen molar-refractivity contribution < 1.29 is 53.8 Å². The molecule has 17 heteroatoms. The van der Waals surface area contributed by atoms with Crippen molar-refractivity contribution >= 4 is 96.9 Å². The Bertz CT molecular complexity index is 3940. The number of anilines is 2. The van der Waals surface area contributed by atoms with E-state index in [9.17, 15) is 39.6 Å². The summed E-state index contributed by atoms with van der Waals surface area (Å²) in [5, 5.41) is 44.9. The third-order valence-electron chi connectivity index (χ3n) is 15.2. The summed E-state index contributed by atoms with van der Waals surface area (Å²) >= 11 is 3.56. The Morgan fingerprint density at radius 2 is 1.16 bits per heavy atom. The summed E-state index contributed by atoms with van der Waals surface area (Å²) in [4.78, 5) is 53.3. The van der Waals surface area contributed by atoms with Gasteiger partial charge in [-0.3, -0.25) is 19.2 Å². The van der Waals surface area contributed by atoms with E-state index in [1.165, 1.54) is 56.2 Å². The first-order valence-corrected chi connectivity index (χ1v) is 28.4. The van der Waals surface area contributed by atoms with Gasteiger partial charge >= 0.3 is 23.9 Å². The largest absolute Gasteiger partial charge is 0.488 e. The number of hydrogen-bond acceptors (Lipinski definition) is 11. The summed E-state index contributed by atoms with van der Waals surface area (Å²) in [6, 6.07) is 36.4. The van der Waals surface area contributed by atoms with Gasteiger partial charge < -0.3 is 44.4 Å². The topological polar surface area (TPSA) is 186 Å². The number of carboxylic acids is 4. The lowest BCUT2D eigenvalue weighted by atomic mass is 9.85. The zero-order valence-corrected chi connectivity index (χ0v) is 45.9. The molecule has 14 nitrogen and oxygen atoms in total. The minimum Gasteiger partial charge on any atom is -0.488 e. The molecule has 4 N–H and O–H groups in total. The lowest BCUT2D eigenvalue weighted by Crippen LogP contribution is -2.46. The first-order valence-electron chi connectivity index (χ1n) is 25.0. The highest BCUT2D eigenvalue weighted by atomic mass is 32.1. The van der Waals surface area contributed by atoms with Crippen molar-refractivity contribution in [3.8, 4) is 43.9 Å². The predicted octanol–water partition coefficient (Wildman–Crippen LogP) is 9.88. The van der Waals surface area contributed by atoms with Crippen molar-refractivity contribution in [1.82, 2.24) is 4.58 Å². The van der Waals surface area contributed by atoms with Gasteiger partial charge in [0.1, 0.15) is 69.4 Å². The fourth-order valence-corrected chi connectivity index (χ4v) is 16.2. The molecule has 0 bridgehead atoms. The van der Waals surface area contributed by atoms with Crippen molar-refractivity contribution in [2.75, 3.05) is 62.9 Å². The zero-order valence-electron chi connectivity index (χ0n) is 43.4. The van der Waals surface area contributed by atoms with Gasteiger partial charge in [0, 0.05) is 66.1 Å². The summed E-state index contributed by atoms with van der Waals surface area (Å²) in [6.07, 6.45) is 0. The highest BCUT2D eigenvalue weighted by Crippen LogP contribution is 2.63. The van der Waals surface area contributed by atoms with Crippen LogP contribution in [0.5, 0.6) is 23.0 Å². The van der Waals surface area contributed by atoms with E-state index in [0.29, 0.717) is 17.1 Å². The average Bonchev–Trinajstić information content (AvgIpc) is 4.15. The van der Waals surface area contributed by atoms with Gasteiger partial charge in [-0.1, -0.05) is 70.3 Å². The van der Waals surface area contributed by atoms with Gasteiger partial charge in [-0.05, 0) is 95.6 Å². The fraction of sp³-hybridized carbons (Fsp3) is 0.250. The summed E-state index contributed by atoms with van der Waals surface area (Å²) < 4.78 is 24.7. The van der Waals surface area contributed by atoms with E-state index in [0.717, 1.165) is 38.4 Å². The molecule has 3 aliphatic rings. The lowest BCUT2D eigenvalue weighted by molar-refractivity contribution is -0.138. The van der Waals surface area contributed by atoms with Crippen LogP contribution in [0.3, 0.4) is 0 Å². The number of hydrogen-bond donors (Lipinski definition) is 4. The first kappa shape index (κ1) is 51.3. The molecule has 11 rings (SSSR count). The Hall–Kier alpha value is -7.78. The van der Waals surface area contributed by atoms with E-state index in [2.05, 4.69) is 119 Å². The second-order valence-electron chi connectivity index (χ2n) is 20.7. The zero-order chi connectivity index (χ0) is 54.4. The van der Waals surface area contributed by atoms with Crippen LogP contribution in [0.2, 0.25) is 0 Å². The standard InChI is InChI=1S/C60H54N3O11PS2/c1-32-16-18-40(62(28-50(64)65)29-51(66)67)45(22-32)72-20-21-73-46-23-33(17-19-41(46)63(30-52(68)69)31-53(70)71)54-37-24-36-42(61(6)59(2,3)55-34-12-8-10-14-48(34)76-57(36)55)26-43(37)74-44-27-47-39(25-38(44)54)58-56(60(4,5)75(47)7)35-13-9-11-15-49(35)77-58/h8-19,22-27H,20-21,28-31H2,1-7H3,(H3-,64,65,66,67,68,69,70,71)/p+1. The quantitative estimate of drug-likeness (QED) is 0.0407. The molecule has 1 atom stereocenters. The number of thiophene rings is 2. The Labute approximate surface area is 452 Å². The fourth-order valence-electron chi connectivity index (χ4n) is 11.3. The minimum atomic E-state index is -1.24. The Balaban J connectivity index is 1.11. The molecule has 0 amide bonds. The highest BCUT2D eigenvalue weighted by Gasteiger charge is 2.43. The molecule has 0 saturated heterocycles. The SMILES string of the molecule is Cc1ccc(N(CC(=O)O)CC(=O)O)c(OCCOc2cc(C3=c4cc5c(cc4Oc4cc6c(cc43)-c3sc4ccccc4c3C(C)(C)P6C)=[N+](C)C(C)(C)c3c-5sc4ccccc34)ccc2N(CC(=O)O)CC(=O)O)c1. The minimum absolute atomic E-state index is 0.116. The molecule has 3 aliphatic heterocycles. The van der Waals surface area contributed by atoms with Gasteiger partial charge in [0.05, 0.1) is 27.9 Å². The molecule has 1 unspecified atom stereocenters. The van der Waals surface area contributed by atoms with E-state index in [-0.39, 0.29) is 46.8 Å². The van der Waals surface area contributed by atoms with E-state index >= 15 is 0 Å². The molecule has 0 spiro atoms. The smallest absolute Gasteiger partial charge is 0.323 e. The number of ether oxygens (including phenoxy) is 3. The van der Waals surface area contributed by atoms with Crippen LogP contribution in [0, 0.1) is 6.92 Å². The second kappa shape index (κ2) is 19.3. The molecule has 0 saturated carbocycles. The highest BCUT2D eigenvalue weighted by molar-refractivity contribution is 7.66. The van der Waals surface area contributed by atoms with Gasteiger partial charge in [0.15, 0.2) is 5.54 Å². The van der Waals surface area contributed by atoms with Gasteiger partial charge in [-0.15, -0.1) is 22.7 Å². The molecule has 0 aliphatic carbocycles. The van der Waals surface area contributed by atoms with Crippen molar-refractivity contribution in [1.29, 1.82) is 0 Å². The number of carbonyl (C=O) groups is 4. The maximum Gasteiger partial charge on any atom is 0.323 e. The Kier molecular flexibility index (Phi) is 12.9. The van der Waals surface area contributed by atoms with Crippen LogP contribution in [-0.2, 0) is 29.9 Å². The molecule has 8 aromatic rings. The molecule has 392 valence electrons. The van der Waals surface area contributed by atoms with Crippen LogP contribution in [0.15, 0.2) is 109 Å². The van der Waals surface area contributed by atoms with Crippen molar-refractivity contribution in [3.05, 3.63) is 148 Å². The molecule has 5 heterocycles. The summed E-state index contributed by atoms with van der Waals surface area (Å²) in [6.45, 7) is 10.6. The molecular formula is C60H55N3O11PS2+. The molecule has 0 fully saturated rings. The monoisotopic (exact) mass is 1090 g/mol. The van der Waals surface area contributed by atoms with Gasteiger partial charge in [-0.2, -0.15) is 0 Å². The summed E-state index contributed by atoms with van der Waals surface area (Å²) in [5.74, 6) is -3.16. The maximum atomic E-state index is 12.4. The number of aliphatic carboxylic acids is 4. The van der Waals surface area contributed by atoms with E-state index in [1.54, 1.807) is 46.9 Å². The number of rotatable bonds is 16. The summed E-state index contributed by atoms with van der Waals surface area (Å²) in [5.41, 5.74) is 8.04. The van der Waals surface area contributed by atoms with Crippen molar-refractivity contribution in [2.45, 2.75) is 45.3 Å². The van der Waals surface area contributed by atoms with Gasteiger partial charge in [-0.25, -0.2) is 4.58 Å². The third kappa shape index (κ3) is 8.91. The van der Waals surface area contributed by atoms with Crippen LogP contribution in [0.4, 0.5) is 11.4 Å². The molecule has 77 heavy (non-hydrogen) atoms. The number of benzene rings is 6. The Morgan fingerprint density at radius 1 is 0.623 bits per heavy atom. The molecule has 2 aromatic heterocycles. The van der Waals surface area contributed by atoms with Crippen LogP contribution in [-0.4, -0.2) is 97.4 Å². The van der Waals surface area contributed by atoms with Crippen LogP contribution in [0.25, 0.3) is 46.6 Å². The number of carboxylic acid groups (broad SMARTS) is 4. The van der Waals surface area contributed by atoms with Crippen molar-refractivity contribution in [3.63, 3.8) is 0 Å². The third-order valence-corrected chi connectivity index (χ3v) is 20.6. The van der Waals surface area contributed by atoms with E-state index in [1.807, 2.05) is 19.1 Å². The number of nitrogens with zero attached hydrogens (tertiary/aromatic N) is 3. The number of aryl methyl sites for hydroxylation is 1. The molecular weight excluding hydrogens is 1030 g/mol. The second-order valence-corrected chi connectivity index (χ2v) is 25.5. The predicted molar refractivity (Wildman–Crippen MR) is 305 cm³/mol. The Morgan fingerprint density at radius 3 is 1.74 bits per heavy atom. The van der Waals surface area contributed by atoms with E-state index < -0.39 is 58.0 Å². The van der Waals surface area contributed by atoms with Crippen molar-refractivity contribution in [2.24, 2.45) is 0 Å². The van der Waals surface area contributed by atoms with Crippen LogP contribution >= 0.6 is 30.6 Å². The normalized spacial score (nSPS) is 15.3. The summed E-state index contributed by atoms with van der Waals surface area (Å²) in [7, 11) is 1.37.